The van der Waals surface area contributed by atoms with Crippen molar-refractivity contribution in [2.75, 3.05) is 0 Å². The fourth-order valence-electron chi connectivity index (χ4n) is 2.20. The summed E-state index contributed by atoms with van der Waals surface area (Å²) in [5.74, 6) is -5.08. The van der Waals surface area contributed by atoms with Crippen molar-refractivity contribution in [1.82, 2.24) is 5.32 Å². The Morgan fingerprint density at radius 1 is 1.15 bits per heavy atom. The molecule has 1 amide bonds. The normalized spacial score (nSPS) is 14.8. The van der Waals surface area contributed by atoms with Crippen molar-refractivity contribution in [3.05, 3.63) is 63.2 Å². The number of rotatable bonds is 3. The first kappa shape index (κ1) is 17.8. The summed E-state index contributed by atoms with van der Waals surface area (Å²) in [5.41, 5.74) is -0.832. The van der Waals surface area contributed by atoms with Gasteiger partial charge in [-0.2, -0.15) is 13.2 Å². The lowest BCUT2D eigenvalue weighted by Gasteiger charge is -2.29. The van der Waals surface area contributed by atoms with E-state index in [0.717, 1.165) is 18.2 Å². The molecule has 7 nitrogen and oxygen atoms in total. The number of amides is 1. The molecular formula is C15H8ClF3N2O5. The Hall–Kier alpha value is -3.01. The van der Waals surface area contributed by atoms with Crippen LogP contribution in [0.15, 0.2) is 42.5 Å². The van der Waals surface area contributed by atoms with Gasteiger partial charge in [0.05, 0.1) is 4.92 Å². The number of nitrogens with one attached hydrogen (secondary N) is 1. The minimum atomic E-state index is -5.12. The molecule has 0 aromatic heterocycles. The average molecular weight is 389 g/mol. The van der Waals surface area contributed by atoms with Gasteiger partial charge in [0.15, 0.2) is 11.5 Å². The molecule has 0 bridgehead atoms. The molecule has 11 heteroatoms. The van der Waals surface area contributed by atoms with Gasteiger partial charge >= 0.3 is 12.1 Å². The van der Waals surface area contributed by atoms with Gasteiger partial charge in [-0.15, -0.1) is 0 Å². The lowest BCUT2D eigenvalue weighted by Crippen LogP contribution is -2.64. The number of para-hydroxylation sites is 2. The molecule has 0 saturated carbocycles. The monoisotopic (exact) mass is 388 g/mol. The zero-order chi connectivity index (χ0) is 19.1. The van der Waals surface area contributed by atoms with Crippen LogP contribution in [-0.2, 0) is 0 Å². The number of carbonyl (C=O) groups is 1. The average Bonchev–Trinajstić information content (AvgIpc) is 2.93. The summed E-state index contributed by atoms with van der Waals surface area (Å²) < 4.78 is 50.2. The second kappa shape index (κ2) is 6.06. The van der Waals surface area contributed by atoms with E-state index in [9.17, 15) is 28.1 Å². The number of carbonyl (C=O) groups excluding carboxylic acids is 1. The Kier molecular flexibility index (Phi) is 4.15. The van der Waals surface area contributed by atoms with Crippen molar-refractivity contribution in [2.24, 2.45) is 0 Å². The zero-order valence-corrected chi connectivity index (χ0v) is 13.3. The van der Waals surface area contributed by atoms with Crippen molar-refractivity contribution in [3.8, 4) is 11.5 Å². The second-order valence-electron chi connectivity index (χ2n) is 5.14. The number of hydrogen-bond donors (Lipinski definition) is 1. The molecule has 1 aliphatic rings. The molecule has 0 atom stereocenters. The van der Waals surface area contributed by atoms with Gasteiger partial charge in [0.25, 0.3) is 11.6 Å². The molecule has 0 radical (unpaired) electrons. The fourth-order valence-corrected chi connectivity index (χ4v) is 2.45. The third-order valence-corrected chi connectivity index (χ3v) is 3.72. The summed E-state index contributed by atoms with van der Waals surface area (Å²) in [6.45, 7) is 0. The summed E-state index contributed by atoms with van der Waals surface area (Å²) in [6.07, 6.45) is -5.12. The first-order valence-corrected chi connectivity index (χ1v) is 7.31. The van der Waals surface area contributed by atoms with Crippen LogP contribution in [0, 0.1) is 10.1 Å². The second-order valence-corrected chi connectivity index (χ2v) is 5.55. The van der Waals surface area contributed by atoms with Crippen LogP contribution in [0.5, 0.6) is 11.5 Å². The number of alkyl halides is 3. The maximum Gasteiger partial charge on any atom is 0.492 e. The molecule has 2 aromatic carbocycles. The summed E-state index contributed by atoms with van der Waals surface area (Å²) in [4.78, 5) is 22.2. The number of halogens is 4. The molecule has 0 fully saturated rings. The summed E-state index contributed by atoms with van der Waals surface area (Å²) in [6, 6.07) is 8.11. The number of ether oxygens (including phenoxy) is 2. The Balaban J connectivity index is 1.91. The maximum absolute atomic E-state index is 13.5. The topological polar surface area (TPSA) is 90.7 Å². The van der Waals surface area contributed by atoms with Gasteiger partial charge in [-0.05, 0) is 24.3 Å². The molecule has 1 aliphatic heterocycles. The van der Waals surface area contributed by atoms with Crippen molar-refractivity contribution >= 4 is 23.2 Å². The van der Waals surface area contributed by atoms with Gasteiger partial charge in [0, 0.05) is 11.6 Å². The van der Waals surface area contributed by atoms with E-state index in [1.54, 1.807) is 5.32 Å². The highest BCUT2D eigenvalue weighted by Gasteiger charge is 2.65. The number of nitrogens with zero attached hydrogens (tertiary/aromatic N) is 1. The first-order valence-electron chi connectivity index (χ1n) is 6.93. The summed E-state index contributed by atoms with van der Waals surface area (Å²) in [7, 11) is 0. The van der Waals surface area contributed by atoms with Gasteiger partial charge in [-0.1, -0.05) is 23.7 Å². The molecule has 0 saturated heterocycles. The van der Waals surface area contributed by atoms with Gasteiger partial charge in [-0.3, -0.25) is 20.2 Å². The Morgan fingerprint density at radius 2 is 1.73 bits per heavy atom. The highest BCUT2D eigenvalue weighted by molar-refractivity contribution is 6.33. The third kappa shape index (κ3) is 2.99. The largest absolute Gasteiger partial charge is 0.492 e. The molecule has 26 heavy (non-hydrogen) atoms. The van der Waals surface area contributed by atoms with E-state index in [0.29, 0.717) is 0 Å². The third-order valence-electron chi connectivity index (χ3n) is 3.41. The lowest BCUT2D eigenvalue weighted by molar-refractivity contribution is -0.384. The fraction of sp³-hybridized carbons (Fsp3) is 0.133. The molecule has 2 aromatic rings. The van der Waals surface area contributed by atoms with Crippen molar-refractivity contribution in [1.29, 1.82) is 0 Å². The Bertz CT molecular complexity index is 878. The van der Waals surface area contributed by atoms with Gasteiger partial charge in [-0.25, -0.2) is 0 Å². The number of fused-ring (bicyclic) bond motifs is 1. The maximum atomic E-state index is 13.5. The van der Waals surface area contributed by atoms with E-state index in [4.69, 9.17) is 21.1 Å². The number of nitro groups is 1. The van der Waals surface area contributed by atoms with Gasteiger partial charge in [0.2, 0.25) is 0 Å². The van der Waals surface area contributed by atoms with Crippen LogP contribution in [-0.4, -0.2) is 22.9 Å². The molecular weight excluding hydrogens is 381 g/mol. The van der Waals surface area contributed by atoms with Crippen LogP contribution in [0.3, 0.4) is 0 Å². The van der Waals surface area contributed by atoms with Gasteiger partial charge in [0.1, 0.15) is 5.02 Å². The van der Waals surface area contributed by atoms with Crippen LogP contribution >= 0.6 is 11.6 Å². The lowest BCUT2D eigenvalue weighted by atomic mass is 10.2. The van der Waals surface area contributed by atoms with Crippen LogP contribution in [0.1, 0.15) is 10.4 Å². The van der Waals surface area contributed by atoms with Crippen LogP contribution in [0.25, 0.3) is 0 Å². The van der Waals surface area contributed by atoms with E-state index in [1.165, 1.54) is 24.3 Å². The highest BCUT2D eigenvalue weighted by Crippen LogP contribution is 2.45. The van der Waals surface area contributed by atoms with E-state index in [2.05, 4.69) is 0 Å². The molecule has 0 aliphatic carbocycles. The van der Waals surface area contributed by atoms with E-state index in [-0.39, 0.29) is 17.1 Å². The standard InChI is InChI=1S/C15H8ClF3N2O5/c16-9-7-8(5-6-10(9)21(23)24)13(22)20-15(14(17,18)19)25-11-3-1-2-4-12(11)26-15/h1-7H,(H,20,22). The first-order chi connectivity index (χ1) is 12.1. The van der Waals surface area contributed by atoms with Crippen LogP contribution in [0.4, 0.5) is 18.9 Å². The van der Waals surface area contributed by atoms with Crippen molar-refractivity contribution in [2.45, 2.75) is 12.1 Å². The number of hydrogen-bond acceptors (Lipinski definition) is 5. The SMILES string of the molecule is O=C(NC1(C(F)(F)F)Oc2ccccc2O1)c1ccc([N+](=O)[O-])c(Cl)c1. The predicted octanol–water partition coefficient (Wildman–Crippen LogP) is 3.67. The van der Waals surface area contributed by atoms with Crippen LogP contribution < -0.4 is 14.8 Å². The van der Waals surface area contributed by atoms with E-state index < -0.39 is 33.6 Å². The predicted molar refractivity (Wildman–Crippen MR) is 82.1 cm³/mol. The molecule has 136 valence electrons. The number of nitro benzene ring substituents is 1. The van der Waals surface area contributed by atoms with Crippen molar-refractivity contribution in [3.63, 3.8) is 0 Å². The van der Waals surface area contributed by atoms with Crippen LogP contribution in [0.2, 0.25) is 5.02 Å². The highest BCUT2D eigenvalue weighted by atomic mass is 35.5. The Morgan fingerprint density at radius 3 is 2.19 bits per heavy atom. The van der Waals surface area contributed by atoms with E-state index >= 15 is 0 Å². The molecule has 1 heterocycles. The molecule has 0 unspecified atom stereocenters. The van der Waals surface area contributed by atoms with E-state index in [1.807, 2.05) is 0 Å². The van der Waals surface area contributed by atoms with Crippen molar-refractivity contribution < 1.29 is 32.4 Å². The minimum absolute atomic E-state index is 0.202. The molecule has 3 rings (SSSR count). The minimum Gasteiger partial charge on any atom is -0.424 e. The molecule has 1 N–H and O–H groups in total. The number of benzene rings is 2. The quantitative estimate of drug-likeness (QED) is 0.640. The zero-order valence-electron chi connectivity index (χ0n) is 12.5. The molecule has 0 spiro atoms. The summed E-state index contributed by atoms with van der Waals surface area (Å²) in [5, 5.41) is 12.0. The Labute approximate surface area is 148 Å². The smallest absolute Gasteiger partial charge is 0.424 e. The van der Waals surface area contributed by atoms with Gasteiger partial charge < -0.3 is 9.47 Å². The summed E-state index contributed by atoms with van der Waals surface area (Å²) >= 11 is 5.68.